The van der Waals surface area contributed by atoms with Crippen LogP contribution in [0.4, 0.5) is 0 Å². The zero-order valence-electron chi connectivity index (χ0n) is 14.6. The van der Waals surface area contributed by atoms with E-state index in [1.165, 1.54) is 5.57 Å². The normalized spacial score (nSPS) is 12.7. The van der Waals surface area contributed by atoms with E-state index in [4.69, 9.17) is 0 Å². The fourth-order valence-corrected chi connectivity index (χ4v) is 3.83. The predicted molar refractivity (Wildman–Crippen MR) is 103 cm³/mol. The van der Waals surface area contributed by atoms with Gasteiger partial charge in [0.05, 0.1) is 4.90 Å². The minimum absolute atomic E-state index is 0.376. The minimum Gasteiger partial charge on any atom is -0.219 e. The Hall–Kier alpha value is -1.26. The molecule has 0 radical (unpaired) electrons. The molecule has 0 N–H and O–H groups in total. The van der Waals surface area contributed by atoms with E-state index in [9.17, 15) is 8.42 Å². The molecule has 0 spiro atoms. The van der Waals surface area contributed by atoms with Crippen LogP contribution < -0.4 is 0 Å². The Balaban J connectivity index is 3.21. The third kappa shape index (κ3) is 6.04. The van der Waals surface area contributed by atoms with Crippen molar-refractivity contribution in [2.45, 2.75) is 45.4 Å². The summed E-state index contributed by atoms with van der Waals surface area (Å²) in [5, 5.41) is 1.89. The fraction of sp³-hybridized carbons (Fsp3) is 0.368. The third-order valence-corrected chi connectivity index (χ3v) is 5.91. The van der Waals surface area contributed by atoms with Crippen molar-refractivity contribution in [2.24, 2.45) is 0 Å². The maximum absolute atomic E-state index is 12.9. The molecule has 0 heterocycles. The Labute approximate surface area is 145 Å². The summed E-state index contributed by atoms with van der Waals surface area (Å²) < 4.78 is 25.9. The molecule has 2 nitrogen and oxygen atoms in total. The van der Waals surface area contributed by atoms with E-state index in [0.717, 1.165) is 17.5 Å². The van der Waals surface area contributed by atoms with Crippen molar-refractivity contribution in [3.05, 3.63) is 63.4 Å². The van der Waals surface area contributed by atoms with Crippen LogP contribution in [0.5, 0.6) is 0 Å². The average Bonchev–Trinajstić information content (AvgIpc) is 2.48. The summed E-state index contributed by atoms with van der Waals surface area (Å²) in [6, 6.07) is 5.33. The molecule has 4 heteroatoms. The first kappa shape index (κ1) is 19.8. The van der Waals surface area contributed by atoms with Crippen molar-refractivity contribution < 1.29 is 8.42 Å². The van der Waals surface area contributed by atoms with Gasteiger partial charge in [-0.25, -0.2) is 8.42 Å². The SMILES string of the molecule is CSC=CC=C(CCC=C(C)C)S(=O)(=O)c1ccc(C)c(C)c1. The molecule has 0 fully saturated rings. The van der Waals surface area contributed by atoms with Crippen molar-refractivity contribution in [3.63, 3.8) is 0 Å². The van der Waals surface area contributed by atoms with Crippen LogP contribution >= 0.6 is 11.8 Å². The molecular weight excluding hydrogens is 324 g/mol. The molecular formula is C19H26O2S2. The van der Waals surface area contributed by atoms with Gasteiger partial charge in [0, 0.05) is 4.91 Å². The number of aryl methyl sites for hydroxylation is 2. The molecule has 0 bridgehead atoms. The van der Waals surface area contributed by atoms with Gasteiger partial charge in [-0.05, 0) is 81.5 Å². The number of benzene rings is 1. The Kier molecular flexibility index (Phi) is 7.86. The smallest absolute Gasteiger partial charge is 0.202 e. The van der Waals surface area contributed by atoms with E-state index in [0.29, 0.717) is 16.2 Å². The Morgan fingerprint density at radius 3 is 2.43 bits per heavy atom. The lowest BCUT2D eigenvalue weighted by molar-refractivity contribution is 0.600. The first-order valence-electron chi connectivity index (χ1n) is 7.63. The quantitative estimate of drug-likeness (QED) is 0.475. The van der Waals surface area contributed by atoms with Gasteiger partial charge in [0.25, 0.3) is 0 Å². The van der Waals surface area contributed by atoms with E-state index >= 15 is 0 Å². The van der Waals surface area contributed by atoms with Crippen LogP contribution in [0.2, 0.25) is 0 Å². The molecule has 0 aromatic heterocycles. The van der Waals surface area contributed by atoms with Crippen molar-refractivity contribution in [1.29, 1.82) is 0 Å². The molecule has 1 aromatic carbocycles. The highest BCUT2D eigenvalue weighted by atomic mass is 32.2. The zero-order valence-corrected chi connectivity index (χ0v) is 16.2. The summed E-state index contributed by atoms with van der Waals surface area (Å²) in [5.74, 6) is 0. The summed E-state index contributed by atoms with van der Waals surface area (Å²) in [6.07, 6.45) is 8.79. The molecule has 23 heavy (non-hydrogen) atoms. The standard InChI is InChI=1S/C19H26O2S2/c1-15(2)8-6-9-18(10-7-13-22-5)23(20,21)19-12-11-16(3)17(4)14-19/h7-8,10-14H,6,9H2,1-5H3. The first-order chi connectivity index (χ1) is 10.8. The molecule has 0 aliphatic heterocycles. The fourth-order valence-electron chi connectivity index (χ4n) is 2.07. The van der Waals surface area contributed by atoms with Crippen molar-refractivity contribution >= 4 is 21.6 Å². The van der Waals surface area contributed by atoms with Crippen LogP contribution in [-0.2, 0) is 9.84 Å². The summed E-state index contributed by atoms with van der Waals surface area (Å²) >= 11 is 1.55. The molecule has 0 saturated carbocycles. The van der Waals surface area contributed by atoms with Gasteiger partial charge in [0.2, 0.25) is 9.84 Å². The lowest BCUT2D eigenvalue weighted by Gasteiger charge is -2.10. The lowest BCUT2D eigenvalue weighted by atomic mass is 10.1. The topological polar surface area (TPSA) is 34.1 Å². The van der Waals surface area contributed by atoms with E-state index in [-0.39, 0.29) is 0 Å². The minimum atomic E-state index is -3.45. The van der Waals surface area contributed by atoms with Crippen molar-refractivity contribution in [1.82, 2.24) is 0 Å². The number of rotatable bonds is 7. The molecule has 0 aliphatic carbocycles. The predicted octanol–water partition coefficient (Wildman–Crippen LogP) is 5.58. The molecule has 126 valence electrons. The highest BCUT2D eigenvalue weighted by Crippen LogP contribution is 2.25. The highest BCUT2D eigenvalue weighted by molar-refractivity contribution is 8.01. The maximum atomic E-state index is 12.9. The Bertz CT molecular complexity index is 720. The molecule has 0 amide bonds. The van der Waals surface area contributed by atoms with Crippen molar-refractivity contribution in [3.8, 4) is 0 Å². The lowest BCUT2D eigenvalue weighted by Crippen LogP contribution is -2.05. The maximum Gasteiger partial charge on any atom is 0.202 e. The summed E-state index contributed by atoms with van der Waals surface area (Å²) in [4.78, 5) is 0.838. The molecule has 0 aliphatic rings. The van der Waals surface area contributed by atoms with E-state index < -0.39 is 9.84 Å². The monoisotopic (exact) mass is 350 g/mol. The van der Waals surface area contributed by atoms with Gasteiger partial charge in [0.15, 0.2) is 0 Å². The first-order valence-corrected chi connectivity index (χ1v) is 10.4. The van der Waals surface area contributed by atoms with Gasteiger partial charge in [-0.3, -0.25) is 0 Å². The molecule has 0 unspecified atom stereocenters. The summed E-state index contributed by atoms with van der Waals surface area (Å²) in [5.41, 5.74) is 3.29. The summed E-state index contributed by atoms with van der Waals surface area (Å²) in [6.45, 7) is 7.97. The van der Waals surface area contributed by atoms with Crippen molar-refractivity contribution in [2.75, 3.05) is 6.26 Å². The molecule has 0 atom stereocenters. The van der Waals surface area contributed by atoms with Crippen LogP contribution in [0.1, 0.15) is 37.8 Å². The Morgan fingerprint density at radius 2 is 1.87 bits per heavy atom. The number of hydrogen-bond donors (Lipinski definition) is 0. The van der Waals surface area contributed by atoms with Crippen LogP contribution in [-0.4, -0.2) is 14.7 Å². The van der Waals surface area contributed by atoms with Crippen LogP contribution in [0.3, 0.4) is 0 Å². The van der Waals surface area contributed by atoms with Crippen LogP contribution in [0.25, 0.3) is 0 Å². The summed E-state index contributed by atoms with van der Waals surface area (Å²) in [7, 11) is -3.45. The largest absolute Gasteiger partial charge is 0.219 e. The van der Waals surface area contributed by atoms with E-state index in [2.05, 4.69) is 6.08 Å². The second-order valence-corrected chi connectivity index (χ2v) is 8.51. The highest BCUT2D eigenvalue weighted by Gasteiger charge is 2.20. The van der Waals surface area contributed by atoms with Crippen LogP contribution in [0.15, 0.2) is 57.2 Å². The van der Waals surface area contributed by atoms with Gasteiger partial charge < -0.3 is 0 Å². The number of sulfone groups is 1. The number of hydrogen-bond acceptors (Lipinski definition) is 3. The van der Waals surface area contributed by atoms with Gasteiger partial charge in [-0.2, -0.15) is 0 Å². The average molecular weight is 351 g/mol. The van der Waals surface area contributed by atoms with Gasteiger partial charge in [-0.1, -0.05) is 23.8 Å². The third-order valence-electron chi connectivity index (χ3n) is 3.57. The molecule has 0 saturated heterocycles. The van der Waals surface area contributed by atoms with Gasteiger partial charge in [-0.15, -0.1) is 11.8 Å². The van der Waals surface area contributed by atoms with Crippen LogP contribution in [0, 0.1) is 13.8 Å². The zero-order chi connectivity index (χ0) is 17.5. The second-order valence-electron chi connectivity index (χ2n) is 5.77. The number of allylic oxidation sites excluding steroid dienone is 5. The number of thioether (sulfide) groups is 1. The van der Waals surface area contributed by atoms with Gasteiger partial charge >= 0.3 is 0 Å². The Morgan fingerprint density at radius 1 is 1.17 bits per heavy atom. The van der Waals surface area contributed by atoms with Gasteiger partial charge in [0.1, 0.15) is 0 Å². The second kappa shape index (κ2) is 9.14. The molecule has 1 rings (SSSR count). The van der Waals surface area contributed by atoms with E-state index in [1.807, 2.05) is 45.4 Å². The molecule has 1 aromatic rings. The van der Waals surface area contributed by atoms with E-state index in [1.54, 1.807) is 36.0 Å².